The summed E-state index contributed by atoms with van der Waals surface area (Å²) in [5.74, 6) is 0.283. The molecule has 0 aliphatic heterocycles. The summed E-state index contributed by atoms with van der Waals surface area (Å²) in [6.07, 6.45) is 3.28. The molecule has 1 rings (SSSR count). The number of imidazole rings is 1. The zero-order chi connectivity index (χ0) is 20.6. The van der Waals surface area contributed by atoms with E-state index in [-0.39, 0.29) is 11.8 Å². The van der Waals surface area contributed by atoms with Crippen LogP contribution in [0.1, 0.15) is 25.7 Å². The Labute approximate surface area is 149 Å². The van der Waals surface area contributed by atoms with Crippen LogP contribution in [0.15, 0.2) is 12.4 Å². The van der Waals surface area contributed by atoms with Gasteiger partial charge in [-0.3, -0.25) is 9.11 Å². The van der Waals surface area contributed by atoms with Crippen molar-refractivity contribution < 1.29 is 39.1 Å². The predicted molar refractivity (Wildman–Crippen MR) is 86.5 cm³/mol. The molecule has 0 aromatic carbocycles. The summed E-state index contributed by atoms with van der Waals surface area (Å²) in [5, 5.41) is 6.21. The van der Waals surface area contributed by atoms with E-state index in [1.165, 1.54) is 0 Å². The molecule has 1 heterocycles. The first-order valence-corrected chi connectivity index (χ1v) is 10.2. The van der Waals surface area contributed by atoms with Crippen molar-refractivity contribution in [3.8, 4) is 0 Å². The largest absolute Gasteiger partial charge is 0.522 e. The van der Waals surface area contributed by atoms with E-state index in [9.17, 15) is 21.6 Å². The Bertz CT molecular complexity index is 722. The van der Waals surface area contributed by atoms with Crippen molar-refractivity contribution >= 4 is 20.2 Å². The zero-order valence-corrected chi connectivity index (χ0v) is 15.5. The van der Waals surface area contributed by atoms with Gasteiger partial charge in [0.25, 0.3) is 10.1 Å². The second-order valence-corrected chi connectivity index (χ2v) is 7.75. The van der Waals surface area contributed by atoms with Gasteiger partial charge in [-0.15, -0.1) is 0 Å². The fraction of sp³-hybridized carbons (Fsp3) is 0.727. The molecule has 1 aromatic heterocycles. The van der Waals surface area contributed by atoms with E-state index in [0.29, 0.717) is 18.9 Å². The number of aromatic nitrogens is 2. The smallest absolute Gasteiger partial charge is 0.347 e. The molecule has 0 saturated heterocycles. The van der Waals surface area contributed by atoms with Crippen LogP contribution in [-0.2, 0) is 20.2 Å². The molecule has 0 radical (unpaired) electrons. The number of hydrogen-bond donors (Lipinski definition) is 5. The van der Waals surface area contributed by atoms with Gasteiger partial charge in [0.15, 0.2) is 0 Å². The Kier molecular flexibility index (Phi) is 9.68. The van der Waals surface area contributed by atoms with Crippen molar-refractivity contribution in [1.29, 1.82) is 0 Å². The van der Waals surface area contributed by atoms with E-state index in [2.05, 4.69) is 20.6 Å². The average Bonchev–Trinajstić information content (AvgIpc) is 2.95. The van der Waals surface area contributed by atoms with Gasteiger partial charge < -0.3 is 15.6 Å². The number of rotatable bonds is 8. The number of aromatic amines is 1. The minimum atomic E-state index is -5.84. The van der Waals surface area contributed by atoms with Crippen molar-refractivity contribution in [3.05, 3.63) is 18.2 Å². The summed E-state index contributed by atoms with van der Waals surface area (Å²) < 4.78 is 88.6. The van der Waals surface area contributed by atoms with E-state index in [4.69, 9.17) is 17.5 Å². The summed E-state index contributed by atoms with van der Waals surface area (Å²) in [7, 11) is -9.88. The number of nitrogens with one attached hydrogen (secondary N) is 3. The predicted octanol–water partition coefficient (Wildman–Crippen LogP) is 0.320. The Hall–Kier alpha value is -1.26. The molecule has 1 aromatic rings. The van der Waals surface area contributed by atoms with Crippen LogP contribution in [-0.4, -0.2) is 66.3 Å². The van der Waals surface area contributed by atoms with Crippen LogP contribution in [0.2, 0.25) is 0 Å². The van der Waals surface area contributed by atoms with Crippen molar-refractivity contribution in [2.75, 3.05) is 18.8 Å². The molecule has 0 bridgehead atoms. The molecule has 15 heteroatoms. The molecule has 154 valence electrons. The highest BCUT2D eigenvalue weighted by Gasteiger charge is 2.44. The van der Waals surface area contributed by atoms with E-state index in [0.717, 1.165) is 0 Å². The molecule has 0 saturated carbocycles. The van der Waals surface area contributed by atoms with Gasteiger partial charge in [-0.25, -0.2) is 4.98 Å². The summed E-state index contributed by atoms with van der Waals surface area (Å²) in [6, 6.07) is -0.747. The third-order valence-corrected chi connectivity index (χ3v) is 4.15. The SMILES string of the molecule is CCNC(CS(=O)(=O)O)C(NCC)c1ncc[nH]1.O=S(=O)(O)C(F)(F)F. The van der Waals surface area contributed by atoms with Gasteiger partial charge in [0.2, 0.25) is 0 Å². The quantitative estimate of drug-likeness (QED) is 0.291. The third-order valence-electron chi connectivity index (χ3n) is 2.79. The number of likely N-dealkylation sites (N-methyl/N-ethyl adjacent to an activating group) is 2. The molecule has 5 N–H and O–H groups in total. The minimum absolute atomic E-state index is 0.299. The standard InChI is InChI=1S/C10H20N4O3S.CHF3O3S/c1-3-11-8(7-18(15,16)17)9(12-4-2)10-13-5-6-14-10;2-1(3,4)8(5,6)7/h5-6,8-9,11-12H,3-4,7H2,1-2H3,(H,13,14)(H,15,16,17);(H,5,6,7). The second-order valence-electron chi connectivity index (χ2n) is 4.84. The molecule has 2 atom stereocenters. The molecule has 0 aliphatic carbocycles. The maximum atomic E-state index is 11.1. The van der Waals surface area contributed by atoms with E-state index in [1.54, 1.807) is 12.4 Å². The van der Waals surface area contributed by atoms with Gasteiger partial charge in [-0.1, -0.05) is 13.8 Å². The maximum absolute atomic E-state index is 11.1. The lowest BCUT2D eigenvalue weighted by molar-refractivity contribution is -0.0510. The van der Waals surface area contributed by atoms with Crippen molar-refractivity contribution in [1.82, 2.24) is 20.6 Å². The van der Waals surface area contributed by atoms with E-state index < -0.39 is 31.8 Å². The van der Waals surface area contributed by atoms with Crippen LogP contribution < -0.4 is 10.6 Å². The number of halogens is 3. The third kappa shape index (κ3) is 9.44. The molecule has 2 unspecified atom stereocenters. The molecule has 0 aliphatic rings. The zero-order valence-electron chi connectivity index (χ0n) is 13.9. The summed E-state index contributed by atoms with van der Waals surface area (Å²) in [4.78, 5) is 7.09. The first-order chi connectivity index (χ1) is 11.7. The lowest BCUT2D eigenvalue weighted by atomic mass is 10.1. The lowest BCUT2D eigenvalue weighted by Crippen LogP contribution is -2.46. The molecular weight excluding hydrogens is 405 g/mol. The fourth-order valence-electron chi connectivity index (χ4n) is 1.86. The van der Waals surface area contributed by atoms with Crippen molar-refractivity contribution in [3.63, 3.8) is 0 Å². The maximum Gasteiger partial charge on any atom is 0.522 e. The first-order valence-electron chi connectivity index (χ1n) is 7.17. The lowest BCUT2D eigenvalue weighted by Gasteiger charge is -2.26. The topological polar surface area (TPSA) is 161 Å². The van der Waals surface area contributed by atoms with Gasteiger partial charge in [0.1, 0.15) is 5.82 Å². The molecule has 0 spiro atoms. The van der Waals surface area contributed by atoms with Crippen LogP contribution in [0.5, 0.6) is 0 Å². The highest BCUT2D eigenvalue weighted by atomic mass is 32.2. The van der Waals surface area contributed by atoms with Crippen LogP contribution in [0.25, 0.3) is 0 Å². The number of nitrogens with zero attached hydrogens (tertiary/aromatic N) is 1. The van der Waals surface area contributed by atoms with Crippen LogP contribution in [0.3, 0.4) is 0 Å². The first kappa shape index (κ1) is 24.7. The number of hydrogen-bond acceptors (Lipinski definition) is 7. The van der Waals surface area contributed by atoms with Gasteiger partial charge in [0.05, 0.1) is 11.8 Å². The summed E-state index contributed by atoms with van der Waals surface area (Å²) in [6.45, 7) is 5.07. The van der Waals surface area contributed by atoms with Crippen LogP contribution in [0.4, 0.5) is 13.2 Å². The van der Waals surface area contributed by atoms with Crippen molar-refractivity contribution in [2.45, 2.75) is 31.4 Å². The Morgan fingerprint density at radius 2 is 1.65 bits per heavy atom. The second kappa shape index (κ2) is 10.2. The van der Waals surface area contributed by atoms with E-state index in [1.807, 2.05) is 13.8 Å². The molecular formula is C11H21F3N4O6S2. The molecule has 10 nitrogen and oxygen atoms in total. The Morgan fingerprint density at radius 3 is 1.96 bits per heavy atom. The number of H-pyrrole nitrogens is 1. The molecule has 26 heavy (non-hydrogen) atoms. The average molecular weight is 426 g/mol. The van der Waals surface area contributed by atoms with Crippen LogP contribution >= 0.6 is 0 Å². The normalized spacial score (nSPS) is 15.0. The fourth-order valence-corrected chi connectivity index (χ4v) is 2.62. The van der Waals surface area contributed by atoms with Gasteiger partial charge >= 0.3 is 15.6 Å². The number of alkyl halides is 3. The van der Waals surface area contributed by atoms with E-state index >= 15 is 0 Å². The molecule has 0 amide bonds. The summed E-state index contributed by atoms with van der Waals surface area (Å²) in [5.41, 5.74) is -5.53. The minimum Gasteiger partial charge on any atom is -0.347 e. The molecule has 0 fully saturated rings. The van der Waals surface area contributed by atoms with Crippen LogP contribution in [0, 0.1) is 0 Å². The van der Waals surface area contributed by atoms with Gasteiger partial charge in [-0.2, -0.15) is 30.0 Å². The summed E-state index contributed by atoms with van der Waals surface area (Å²) >= 11 is 0. The Balaban J connectivity index is 0.000000660. The Morgan fingerprint density at radius 1 is 1.15 bits per heavy atom. The monoisotopic (exact) mass is 426 g/mol. The van der Waals surface area contributed by atoms with Gasteiger partial charge in [-0.05, 0) is 13.1 Å². The van der Waals surface area contributed by atoms with Gasteiger partial charge in [0, 0.05) is 18.4 Å². The highest BCUT2D eigenvalue weighted by Crippen LogP contribution is 2.20. The highest BCUT2D eigenvalue weighted by molar-refractivity contribution is 7.86. The van der Waals surface area contributed by atoms with Crippen molar-refractivity contribution in [2.24, 2.45) is 0 Å².